The third kappa shape index (κ3) is 3.68. The van der Waals surface area contributed by atoms with Gasteiger partial charge in [-0.15, -0.1) is 0 Å². The summed E-state index contributed by atoms with van der Waals surface area (Å²) >= 11 is 2.15. The first-order valence-corrected chi connectivity index (χ1v) is 8.53. The van der Waals surface area contributed by atoms with Gasteiger partial charge in [-0.2, -0.15) is 13.2 Å². The summed E-state index contributed by atoms with van der Waals surface area (Å²) in [4.78, 5) is 13.8. The zero-order valence-corrected chi connectivity index (χ0v) is 15.3. The fraction of sp³-hybridized carbons (Fsp3) is 0.235. The maximum atomic E-state index is 13.1. The molecule has 2 aromatic carbocycles. The Kier molecular flexibility index (Phi) is 4.81. The molecule has 1 aliphatic heterocycles. The van der Waals surface area contributed by atoms with E-state index in [1.165, 1.54) is 17.0 Å². The summed E-state index contributed by atoms with van der Waals surface area (Å²) in [5.74, 6) is -0.310. The van der Waals surface area contributed by atoms with Crippen LogP contribution in [0.3, 0.4) is 0 Å². The number of urea groups is 1. The van der Waals surface area contributed by atoms with E-state index in [0.717, 1.165) is 15.2 Å². The second-order valence-corrected chi connectivity index (χ2v) is 6.71. The first kappa shape index (κ1) is 17.8. The van der Waals surface area contributed by atoms with E-state index in [1.54, 1.807) is 12.1 Å². The van der Waals surface area contributed by atoms with E-state index in [9.17, 15) is 18.0 Å². The number of hydrogen-bond donors (Lipinski definition) is 1. The van der Waals surface area contributed by atoms with Crippen LogP contribution >= 0.6 is 22.6 Å². The number of carbonyl (C=O) groups excluding carboxylic acids is 1. The summed E-state index contributed by atoms with van der Waals surface area (Å²) in [6, 6.07) is 8.59. The number of alkyl halides is 3. The summed E-state index contributed by atoms with van der Waals surface area (Å²) in [6.45, 7) is 2.12. The molecule has 0 saturated heterocycles. The normalized spacial score (nSPS) is 13.9. The highest BCUT2D eigenvalue weighted by molar-refractivity contribution is 14.1. The molecular formula is C17H14F3IN2O2. The van der Waals surface area contributed by atoms with Gasteiger partial charge in [0.2, 0.25) is 0 Å². The third-order valence-electron chi connectivity index (χ3n) is 3.82. The number of carbonyl (C=O) groups is 1. The van der Waals surface area contributed by atoms with Gasteiger partial charge in [0, 0.05) is 9.26 Å². The molecule has 0 saturated carbocycles. The standard InChI is InChI=1S/C17H14F3IN2O2/c1-10-5-6-11(9-13(10)21)22-16(24)23-7-8-25-15-12(17(18,19)20)3-2-4-14(15)23/h2-6,9H,7-8H2,1H3,(H,22,24). The van der Waals surface area contributed by atoms with Crippen molar-refractivity contribution < 1.29 is 22.7 Å². The minimum Gasteiger partial charge on any atom is -0.489 e. The van der Waals surface area contributed by atoms with Crippen molar-refractivity contribution in [2.24, 2.45) is 0 Å². The van der Waals surface area contributed by atoms with Crippen molar-refractivity contribution in [3.63, 3.8) is 0 Å². The van der Waals surface area contributed by atoms with Crippen molar-refractivity contribution in [2.45, 2.75) is 13.1 Å². The summed E-state index contributed by atoms with van der Waals surface area (Å²) in [5.41, 5.74) is 0.887. The second kappa shape index (κ2) is 6.74. The monoisotopic (exact) mass is 462 g/mol. The highest BCUT2D eigenvalue weighted by atomic mass is 127. The number of halogens is 4. The van der Waals surface area contributed by atoms with Gasteiger partial charge in [0.1, 0.15) is 6.61 Å². The number of para-hydroxylation sites is 1. The van der Waals surface area contributed by atoms with Crippen LogP contribution in [-0.2, 0) is 6.18 Å². The highest BCUT2D eigenvalue weighted by Crippen LogP contribution is 2.43. The van der Waals surface area contributed by atoms with Crippen molar-refractivity contribution >= 4 is 40.0 Å². The van der Waals surface area contributed by atoms with Crippen molar-refractivity contribution in [3.8, 4) is 5.75 Å². The van der Waals surface area contributed by atoms with Gasteiger partial charge < -0.3 is 10.1 Å². The molecule has 2 aromatic rings. The minimum atomic E-state index is -4.54. The Balaban J connectivity index is 1.90. The molecule has 3 rings (SSSR count). The predicted octanol–water partition coefficient (Wildman–Crippen LogP) is 5.05. The highest BCUT2D eigenvalue weighted by Gasteiger charge is 2.38. The number of rotatable bonds is 1. The van der Waals surface area contributed by atoms with E-state index in [-0.39, 0.29) is 24.6 Å². The quantitative estimate of drug-likeness (QED) is 0.603. The molecule has 0 atom stereocenters. The lowest BCUT2D eigenvalue weighted by molar-refractivity contribution is -0.139. The molecule has 0 aliphatic carbocycles. The molecule has 132 valence electrons. The van der Waals surface area contributed by atoms with E-state index in [2.05, 4.69) is 27.9 Å². The summed E-state index contributed by atoms with van der Waals surface area (Å²) in [5, 5.41) is 2.72. The Morgan fingerprint density at radius 1 is 1.28 bits per heavy atom. The Morgan fingerprint density at radius 2 is 2.04 bits per heavy atom. The summed E-state index contributed by atoms with van der Waals surface area (Å²) in [7, 11) is 0. The fourth-order valence-corrected chi connectivity index (χ4v) is 3.06. The number of fused-ring (bicyclic) bond motifs is 1. The van der Waals surface area contributed by atoms with E-state index in [4.69, 9.17) is 4.74 Å². The largest absolute Gasteiger partial charge is 0.489 e. The third-order valence-corrected chi connectivity index (χ3v) is 4.98. The number of hydrogen-bond acceptors (Lipinski definition) is 2. The zero-order valence-electron chi connectivity index (χ0n) is 13.2. The Hall–Kier alpha value is -1.97. The summed E-state index contributed by atoms with van der Waals surface area (Å²) < 4.78 is 45.6. The van der Waals surface area contributed by atoms with Crippen molar-refractivity contribution in [2.75, 3.05) is 23.4 Å². The molecule has 1 N–H and O–H groups in total. The molecule has 0 spiro atoms. The van der Waals surface area contributed by atoms with Gasteiger partial charge in [-0.3, -0.25) is 4.90 Å². The number of amides is 2. The van der Waals surface area contributed by atoms with Crippen LogP contribution in [0.4, 0.5) is 29.3 Å². The molecule has 1 aliphatic rings. The molecule has 0 fully saturated rings. The van der Waals surface area contributed by atoms with Crippen molar-refractivity contribution in [1.82, 2.24) is 0 Å². The maximum Gasteiger partial charge on any atom is 0.420 e. The Morgan fingerprint density at radius 3 is 2.72 bits per heavy atom. The van der Waals surface area contributed by atoms with Crippen LogP contribution < -0.4 is 15.0 Å². The molecule has 0 aromatic heterocycles. The lowest BCUT2D eigenvalue weighted by Crippen LogP contribution is -2.41. The molecule has 0 unspecified atom stereocenters. The molecule has 25 heavy (non-hydrogen) atoms. The molecule has 8 heteroatoms. The molecule has 1 heterocycles. The molecule has 2 amide bonds. The van der Waals surface area contributed by atoms with E-state index < -0.39 is 17.8 Å². The van der Waals surface area contributed by atoms with Crippen LogP contribution in [0.5, 0.6) is 5.75 Å². The van der Waals surface area contributed by atoms with Crippen LogP contribution in [0.25, 0.3) is 0 Å². The minimum absolute atomic E-state index is 0.00105. The van der Waals surface area contributed by atoms with Gasteiger partial charge >= 0.3 is 12.2 Å². The van der Waals surface area contributed by atoms with E-state index >= 15 is 0 Å². The SMILES string of the molecule is Cc1ccc(NC(=O)N2CCOc3c2cccc3C(F)(F)F)cc1I. The lowest BCUT2D eigenvalue weighted by atomic mass is 10.1. The topological polar surface area (TPSA) is 41.6 Å². The smallest absolute Gasteiger partial charge is 0.420 e. The van der Waals surface area contributed by atoms with Crippen LogP contribution in [0.15, 0.2) is 36.4 Å². The van der Waals surface area contributed by atoms with Gasteiger partial charge in [0.05, 0.1) is 17.8 Å². The van der Waals surface area contributed by atoms with Crippen LogP contribution in [-0.4, -0.2) is 19.2 Å². The fourth-order valence-electron chi connectivity index (χ4n) is 2.54. The van der Waals surface area contributed by atoms with Crippen molar-refractivity contribution in [3.05, 3.63) is 51.1 Å². The van der Waals surface area contributed by atoms with Gasteiger partial charge in [-0.25, -0.2) is 4.79 Å². The molecule has 0 bridgehead atoms. The number of anilines is 2. The number of nitrogens with one attached hydrogen (secondary N) is 1. The van der Waals surface area contributed by atoms with Gasteiger partial charge in [-0.05, 0) is 59.3 Å². The Labute approximate surface area is 156 Å². The van der Waals surface area contributed by atoms with Crippen LogP contribution in [0.1, 0.15) is 11.1 Å². The Bertz CT molecular complexity index is 824. The maximum absolute atomic E-state index is 13.1. The number of nitrogens with zero attached hydrogens (tertiary/aromatic N) is 1. The average molecular weight is 462 g/mol. The van der Waals surface area contributed by atoms with E-state index in [0.29, 0.717) is 5.69 Å². The van der Waals surface area contributed by atoms with Gasteiger partial charge in [0.15, 0.2) is 5.75 Å². The lowest BCUT2D eigenvalue weighted by Gasteiger charge is -2.31. The van der Waals surface area contributed by atoms with Gasteiger partial charge in [0.25, 0.3) is 0 Å². The number of benzene rings is 2. The number of ether oxygens (including phenoxy) is 1. The van der Waals surface area contributed by atoms with Gasteiger partial charge in [-0.1, -0.05) is 12.1 Å². The van der Waals surface area contributed by atoms with Crippen LogP contribution in [0.2, 0.25) is 0 Å². The predicted molar refractivity (Wildman–Crippen MR) is 97.2 cm³/mol. The number of aryl methyl sites for hydroxylation is 1. The van der Waals surface area contributed by atoms with Crippen LogP contribution in [0, 0.1) is 10.5 Å². The first-order valence-electron chi connectivity index (χ1n) is 7.45. The summed E-state index contributed by atoms with van der Waals surface area (Å²) in [6.07, 6.45) is -4.54. The van der Waals surface area contributed by atoms with E-state index in [1.807, 2.05) is 13.0 Å². The van der Waals surface area contributed by atoms with Crippen molar-refractivity contribution in [1.29, 1.82) is 0 Å². The first-order chi connectivity index (χ1) is 11.8. The average Bonchev–Trinajstić information content (AvgIpc) is 2.56. The second-order valence-electron chi connectivity index (χ2n) is 5.55. The zero-order chi connectivity index (χ0) is 18.2. The molecular weight excluding hydrogens is 448 g/mol. The molecule has 0 radical (unpaired) electrons. The molecule has 4 nitrogen and oxygen atoms in total.